The first kappa shape index (κ1) is 20.7. The molecule has 1 heterocycles. The predicted molar refractivity (Wildman–Crippen MR) is 107 cm³/mol. The van der Waals surface area contributed by atoms with E-state index in [0.29, 0.717) is 11.4 Å². The van der Waals surface area contributed by atoms with Crippen molar-refractivity contribution in [1.29, 1.82) is 0 Å². The average molecular weight is 428 g/mol. The lowest BCUT2D eigenvalue weighted by atomic mass is 10.1. The Morgan fingerprint density at radius 1 is 0.967 bits per heavy atom. The van der Waals surface area contributed by atoms with Gasteiger partial charge in [-0.1, -0.05) is 12.1 Å². The Balaban J connectivity index is 1.74. The highest BCUT2D eigenvalue weighted by molar-refractivity contribution is 7.92. The lowest BCUT2D eigenvalue weighted by molar-refractivity contribution is 0.0692. The third-order valence-electron chi connectivity index (χ3n) is 3.91. The van der Waals surface area contributed by atoms with E-state index in [0.717, 1.165) is 0 Å². The second-order valence-electron chi connectivity index (χ2n) is 5.88. The number of benzene rings is 2. The highest BCUT2D eigenvalue weighted by atomic mass is 32.2. The first-order chi connectivity index (χ1) is 14.3. The fourth-order valence-electron chi connectivity index (χ4n) is 2.44. The van der Waals surface area contributed by atoms with Crippen molar-refractivity contribution in [3.05, 3.63) is 72.1 Å². The van der Waals surface area contributed by atoms with Gasteiger partial charge < -0.3 is 15.2 Å². The molecule has 0 atom stereocenters. The maximum atomic E-state index is 12.5. The molecule has 0 fully saturated rings. The summed E-state index contributed by atoms with van der Waals surface area (Å²) in [5, 5.41) is 11.7. The van der Waals surface area contributed by atoms with Crippen molar-refractivity contribution in [2.24, 2.45) is 0 Å². The van der Waals surface area contributed by atoms with Crippen LogP contribution in [0.5, 0.6) is 5.75 Å². The SMILES string of the molecule is COc1cnc(NS(=O)(=O)c2ccc(NC(=O)c3ccccc3C(=O)O)cc2)nc1. The first-order valence-electron chi connectivity index (χ1n) is 8.43. The molecule has 0 spiro atoms. The Morgan fingerprint density at radius 3 is 2.13 bits per heavy atom. The van der Waals surface area contributed by atoms with E-state index in [9.17, 15) is 23.1 Å². The van der Waals surface area contributed by atoms with Crippen LogP contribution in [0.15, 0.2) is 65.8 Å². The molecule has 0 unspecified atom stereocenters. The van der Waals surface area contributed by atoms with Gasteiger partial charge >= 0.3 is 5.97 Å². The number of amides is 1. The van der Waals surface area contributed by atoms with E-state index in [1.54, 1.807) is 6.07 Å². The molecule has 2 aromatic carbocycles. The normalized spacial score (nSPS) is 10.8. The number of carboxylic acids is 1. The summed E-state index contributed by atoms with van der Waals surface area (Å²) >= 11 is 0. The molecule has 0 aliphatic carbocycles. The molecule has 0 saturated heterocycles. The van der Waals surface area contributed by atoms with Gasteiger partial charge in [-0.25, -0.2) is 27.9 Å². The molecule has 3 rings (SSSR count). The molecule has 0 aliphatic rings. The molecule has 3 aromatic rings. The molecule has 30 heavy (non-hydrogen) atoms. The van der Waals surface area contributed by atoms with Crippen LogP contribution in [0.3, 0.4) is 0 Å². The Morgan fingerprint density at radius 2 is 1.57 bits per heavy atom. The van der Waals surface area contributed by atoms with Crippen LogP contribution in [0.1, 0.15) is 20.7 Å². The summed E-state index contributed by atoms with van der Waals surface area (Å²) < 4.78 is 32.1. The van der Waals surface area contributed by atoms with Gasteiger partial charge in [0.05, 0.1) is 35.5 Å². The summed E-state index contributed by atoms with van der Waals surface area (Å²) in [7, 11) is -2.52. The molecule has 1 aromatic heterocycles. The zero-order valence-corrected chi connectivity index (χ0v) is 16.4. The van der Waals surface area contributed by atoms with Crippen molar-refractivity contribution in [1.82, 2.24) is 9.97 Å². The highest BCUT2D eigenvalue weighted by Gasteiger charge is 2.18. The number of carboxylic acid groups (broad SMARTS) is 1. The van der Waals surface area contributed by atoms with Crippen molar-refractivity contribution in [3.8, 4) is 5.75 Å². The van der Waals surface area contributed by atoms with E-state index < -0.39 is 21.9 Å². The highest BCUT2D eigenvalue weighted by Crippen LogP contribution is 2.18. The molecular formula is C19H16N4O6S. The second kappa shape index (κ2) is 8.57. The number of nitrogens with zero attached hydrogens (tertiary/aromatic N) is 2. The first-order valence-corrected chi connectivity index (χ1v) is 9.91. The van der Waals surface area contributed by atoms with Crippen molar-refractivity contribution in [3.63, 3.8) is 0 Å². The number of hydrogen-bond donors (Lipinski definition) is 3. The molecule has 11 heteroatoms. The van der Waals surface area contributed by atoms with Gasteiger partial charge in [0.1, 0.15) is 0 Å². The van der Waals surface area contributed by atoms with Crippen LogP contribution in [0.4, 0.5) is 11.6 Å². The van der Waals surface area contributed by atoms with Crippen molar-refractivity contribution in [2.45, 2.75) is 4.90 Å². The van der Waals surface area contributed by atoms with E-state index in [1.165, 1.54) is 62.0 Å². The number of sulfonamides is 1. The predicted octanol–water partition coefficient (Wildman–Crippen LogP) is 2.24. The number of aromatic nitrogens is 2. The van der Waals surface area contributed by atoms with Gasteiger partial charge in [0.25, 0.3) is 15.9 Å². The third kappa shape index (κ3) is 4.70. The molecule has 3 N–H and O–H groups in total. The second-order valence-corrected chi connectivity index (χ2v) is 7.56. The molecular weight excluding hydrogens is 412 g/mol. The van der Waals surface area contributed by atoms with E-state index in [4.69, 9.17) is 4.74 Å². The van der Waals surface area contributed by atoms with E-state index in [2.05, 4.69) is 20.0 Å². The molecule has 0 saturated carbocycles. The van der Waals surface area contributed by atoms with Gasteiger partial charge in [0.15, 0.2) is 5.75 Å². The topological polar surface area (TPSA) is 148 Å². The fraction of sp³-hybridized carbons (Fsp3) is 0.0526. The number of rotatable bonds is 7. The zero-order valence-electron chi connectivity index (χ0n) is 15.6. The molecule has 0 aliphatic heterocycles. The third-order valence-corrected chi connectivity index (χ3v) is 5.26. The van der Waals surface area contributed by atoms with E-state index in [1.807, 2.05) is 0 Å². The van der Waals surface area contributed by atoms with Gasteiger partial charge in [0, 0.05) is 5.69 Å². The van der Waals surface area contributed by atoms with Crippen LogP contribution in [-0.4, -0.2) is 42.5 Å². The number of ether oxygens (including phenoxy) is 1. The standard InChI is InChI=1S/C19H16N4O6S/c1-29-13-10-20-19(21-11-13)23-30(27,28)14-8-6-12(7-9-14)22-17(24)15-4-2-3-5-16(15)18(25)26/h2-11H,1H3,(H,22,24)(H,25,26)(H,20,21,23). The minimum atomic E-state index is -3.95. The number of nitrogens with one attached hydrogen (secondary N) is 2. The van der Waals surface area contributed by atoms with Crippen molar-refractivity contribution >= 4 is 33.5 Å². The fourth-order valence-corrected chi connectivity index (χ4v) is 3.39. The Labute approximate surface area is 171 Å². The lowest BCUT2D eigenvalue weighted by Gasteiger charge is -2.10. The van der Waals surface area contributed by atoms with Crippen molar-refractivity contribution in [2.75, 3.05) is 17.1 Å². The summed E-state index contributed by atoms with van der Waals surface area (Å²) in [5.74, 6) is -1.61. The molecule has 0 bridgehead atoms. The summed E-state index contributed by atoms with van der Waals surface area (Å²) in [4.78, 5) is 31.2. The lowest BCUT2D eigenvalue weighted by Crippen LogP contribution is -2.17. The average Bonchev–Trinajstić information content (AvgIpc) is 2.74. The quantitative estimate of drug-likeness (QED) is 0.519. The summed E-state index contributed by atoms with van der Waals surface area (Å²) in [6.07, 6.45) is 2.64. The van der Waals surface area contributed by atoms with Crippen molar-refractivity contribution < 1.29 is 27.9 Å². The summed E-state index contributed by atoms with van der Waals surface area (Å²) in [6.45, 7) is 0. The molecule has 154 valence electrons. The monoisotopic (exact) mass is 428 g/mol. The summed E-state index contributed by atoms with van der Waals surface area (Å²) in [5.41, 5.74) is 0.137. The number of methoxy groups -OCH3 is 1. The number of anilines is 2. The van der Waals surface area contributed by atoms with Crippen LogP contribution in [0.25, 0.3) is 0 Å². The Hall–Kier alpha value is -3.99. The molecule has 1 amide bonds. The number of hydrogen-bond acceptors (Lipinski definition) is 7. The zero-order chi connectivity index (χ0) is 21.7. The molecule has 10 nitrogen and oxygen atoms in total. The largest absolute Gasteiger partial charge is 0.494 e. The number of carbonyl (C=O) groups is 2. The van der Waals surface area contributed by atoms with E-state index >= 15 is 0 Å². The van der Waals surface area contributed by atoms with Crippen LogP contribution >= 0.6 is 0 Å². The Bertz CT molecular complexity index is 1180. The van der Waals surface area contributed by atoms with E-state index in [-0.39, 0.29) is 22.0 Å². The maximum Gasteiger partial charge on any atom is 0.336 e. The van der Waals surface area contributed by atoms with Gasteiger partial charge in [-0.15, -0.1) is 0 Å². The summed E-state index contributed by atoms with van der Waals surface area (Å²) in [6, 6.07) is 11.1. The van der Waals surface area contributed by atoms with Crippen LogP contribution in [0, 0.1) is 0 Å². The smallest absolute Gasteiger partial charge is 0.336 e. The maximum absolute atomic E-state index is 12.5. The number of aromatic carboxylic acids is 1. The minimum Gasteiger partial charge on any atom is -0.494 e. The van der Waals surface area contributed by atoms with Gasteiger partial charge in [0.2, 0.25) is 5.95 Å². The van der Waals surface area contributed by atoms with Gasteiger partial charge in [-0.3, -0.25) is 4.79 Å². The minimum absolute atomic E-state index is 0.0139. The van der Waals surface area contributed by atoms with Crippen LogP contribution in [-0.2, 0) is 10.0 Å². The molecule has 0 radical (unpaired) electrons. The van der Waals surface area contributed by atoms with Gasteiger partial charge in [-0.05, 0) is 36.4 Å². The van der Waals surface area contributed by atoms with Crippen LogP contribution < -0.4 is 14.8 Å². The van der Waals surface area contributed by atoms with Gasteiger partial charge in [-0.2, -0.15) is 0 Å². The number of carbonyl (C=O) groups excluding carboxylic acids is 1. The Kier molecular flexibility index (Phi) is 5.93. The van der Waals surface area contributed by atoms with Crippen LogP contribution in [0.2, 0.25) is 0 Å².